The van der Waals surface area contributed by atoms with Crippen molar-refractivity contribution in [2.75, 3.05) is 0 Å². The number of rotatable bonds is 2. The first-order valence-electron chi connectivity index (χ1n) is 4.88. The lowest BCUT2D eigenvalue weighted by Gasteiger charge is -2.06. The van der Waals surface area contributed by atoms with Crippen molar-refractivity contribution in [2.45, 2.75) is 13.8 Å². The predicted molar refractivity (Wildman–Crippen MR) is 65.7 cm³/mol. The highest BCUT2D eigenvalue weighted by Gasteiger charge is 2.01. The van der Waals surface area contributed by atoms with E-state index in [4.69, 9.17) is 4.74 Å². The molecule has 0 spiro atoms. The van der Waals surface area contributed by atoms with Crippen LogP contribution < -0.4 is 4.74 Å². The van der Waals surface area contributed by atoms with Gasteiger partial charge in [-0.3, -0.25) is 0 Å². The lowest BCUT2D eigenvalue weighted by atomic mass is 10.2. The molecule has 82 valence electrons. The van der Waals surface area contributed by atoms with E-state index in [1.165, 1.54) is 6.33 Å². The lowest BCUT2D eigenvalue weighted by molar-refractivity contribution is 0.460. The van der Waals surface area contributed by atoms with Crippen molar-refractivity contribution in [1.29, 1.82) is 0 Å². The van der Waals surface area contributed by atoms with E-state index in [0.717, 1.165) is 21.5 Å². The monoisotopic (exact) mass is 278 g/mol. The van der Waals surface area contributed by atoms with Gasteiger partial charge < -0.3 is 4.74 Å². The second-order valence-corrected chi connectivity index (χ2v) is 4.37. The fourth-order valence-electron chi connectivity index (χ4n) is 1.29. The van der Waals surface area contributed by atoms with E-state index in [9.17, 15) is 0 Å². The van der Waals surface area contributed by atoms with Crippen LogP contribution in [-0.2, 0) is 0 Å². The molecule has 0 N–H and O–H groups in total. The summed E-state index contributed by atoms with van der Waals surface area (Å²) in [5.74, 6) is 1.34. The molecule has 16 heavy (non-hydrogen) atoms. The molecule has 0 aliphatic rings. The van der Waals surface area contributed by atoms with Crippen molar-refractivity contribution in [1.82, 2.24) is 9.97 Å². The van der Waals surface area contributed by atoms with Crippen LogP contribution in [0.25, 0.3) is 0 Å². The number of hydrogen-bond acceptors (Lipinski definition) is 3. The molecule has 0 unspecified atom stereocenters. The molecule has 1 aromatic heterocycles. The number of ether oxygens (including phenoxy) is 1. The van der Waals surface area contributed by atoms with Gasteiger partial charge in [0.1, 0.15) is 12.1 Å². The topological polar surface area (TPSA) is 35.0 Å². The van der Waals surface area contributed by atoms with Crippen LogP contribution in [0.4, 0.5) is 0 Å². The van der Waals surface area contributed by atoms with Crippen LogP contribution in [0.3, 0.4) is 0 Å². The number of aromatic nitrogens is 2. The average molecular weight is 279 g/mol. The molecular formula is C12H11BrN2O. The summed E-state index contributed by atoms with van der Waals surface area (Å²) < 4.78 is 6.69. The van der Waals surface area contributed by atoms with E-state index in [0.29, 0.717) is 5.88 Å². The summed E-state index contributed by atoms with van der Waals surface area (Å²) in [5.41, 5.74) is 2.02. The van der Waals surface area contributed by atoms with Crippen molar-refractivity contribution < 1.29 is 4.74 Å². The highest BCUT2D eigenvalue weighted by atomic mass is 79.9. The van der Waals surface area contributed by atoms with Crippen LogP contribution in [0.1, 0.15) is 11.3 Å². The van der Waals surface area contributed by atoms with Gasteiger partial charge in [-0.2, -0.15) is 0 Å². The third-order valence-corrected chi connectivity index (χ3v) is 3.02. The Morgan fingerprint density at radius 1 is 1.12 bits per heavy atom. The van der Waals surface area contributed by atoms with Crippen LogP contribution >= 0.6 is 15.9 Å². The molecule has 0 fully saturated rings. The van der Waals surface area contributed by atoms with Crippen LogP contribution in [0, 0.1) is 13.8 Å². The van der Waals surface area contributed by atoms with Gasteiger partial charge >= 0.3 is 0 Å². The zero-order chi connectivity index (χ0) is 11.5. The minimum Gasteiger partial charge on any atom is -0.439 e. The SMILES string of the molecule is Cc1cc(Oc2ccc(Br)c(C)c2)ncn1. The zero-order valence-corrected chi connectivity index (χ0v) is 10.7. The third kappa shape index (κ3) is 2.58. The summed E-state index contributed by atoms with van der Waals surface area (Å²) in [6.07, 6.45) is 1.50. The van der Waals surface area contributed by atoms with Gasteiger partial charge in [0.25, 0.3) is 0 Å². The largest absolute Gasteiger partial charge is 0.439 e. The number of hydrogen-bond donors (Lipinski definition) is 0. The summed E-state index contributed by atoms with van der Waals surface area (Å²) in [6, 6.07) is 7.62. The Labute approximate surface area is 103 Å². The van der Waals surface area contributed by atoms with Gasteiger partial charge in [0.2, 0.25) is 5.88 Å². The molecule has 0 saturated heterocycles. The molecular weight excluding hydrogens is 268 g/mol. The van der Waals surface area contributed by atoms with E-state index in [1.54, 1.807) is 6.07 Å². The standard InChI is InChI=1S/C12H11BrN2O/c1-8-5-10(3-4-11(8)13)16-12-6-9(2)14-7-15-12/h3-7H,1-2H3. The molecule has 0 aliphatic carbocycles. The smallest absolute Gasteiger partial charge is 0.222 e. The van der Waals surface area contributed by atoms with E-state index in [-0.39, 0.29) is 0 Å². The van der Waals surface area contributed by atoms with Crippen LogP contribution in [0.15, 0.2) is 35.1 Å². The zero-order valence-electron chi connectivity index (χ0n) is 9.07. The fraction of sp³-hybridized carbons (Fsp3) is 0.167. The quantitative estimate of drug-likeness (QED) is 0.841. The Bertz CT molecular complexity index is 514. The van der Waals surface area contributed by atoms with Gasteiger partial charge in [-0.15, -0.1) is 0 Å². The molecule has 1 aromatic carbocycles. The highest BCUT2D eigenvalue weighted by Crippen LogP contribution is 2.24. The molecule has 0 atom stereocenters. The van der Waals surface area contributed by atoms with Crippen molar-refractivity contribution in [3.63, 3.8) is 0 Å². The molecule has 4 heteroatoms. The molecule has 0 saturated carbocycles. The first-order chi connectivity index (χ1) is 7.65. The maximum Gasteiger partial charge on any atom is 0.222 e. The number of nitrogens with zero attached hydrogens (tertiary/aromatic N) is 2. The first-order valence-corrected chi connectivity index (χ1v) is 5.67. The second kappa shape index (κ2) is 4.61. The van der Waals surface area contributed by atoms with E-state index in [1.807, 2.05) is 32.0 Å². The molecule has 2 rings (SSSR count). The minimum absolute atomic E-state index is 0.564. The van der Waals surface area contributed by atoms with Crippen molar-refractivity contribution in [3.05, 3.63) is 46.3 Å². The van der Waals surface area contributed by atoms with E-state index >= 15 is 0 Å². The minimum atomic E-state index is 0.564. The van der Waals surface area contributed by atoms with Crippen LogP contribution in [-0.4, -0.2) is 9.97 Å². The maximum absolute atomic E-state index is 5.62. The molecule has 0 aliphatic heterocycles. The normalized spacial score (nSPS) is 10.2. The second-order valence-electron chi connectivity index (χ2n) is 3.51. The van der Waals surface area contributed by atoms with Crippen molar-refractivity contribution in [2.24, 2.45) is 0 Å². The van der Waals surface area contributed by atoms with Crippen LogP contribution in [0.2, 0.25) is 0 Å². The molecule has 2 aromatic rings. The lowest BCUT2D eigenvalue weighted by Crippen LogP contribution is -1.91. The molecule has 0 amide bonds. The average Bonchev–Trinajstić information content (AvgIpc) is 2.24. The van der Waals surface area contributed by atoms with Gasteiger partial charge in [-0.1, -0.05) is 15.9 Å². The van der Waals surface area contributed by atoms with Gasteiger partial charge in [-0.25, -0.2) is 9.97 Å². The van der Waals surface area contributed by atoms with E-state index < -0.39 is 0 Å². The third-order valence-electron chi connectivity index (χ3n) is 2.13. The number of benzene rings is 1. The molecule has 0 radical (unpaired) electrons. The van der Waals surface area contributed by atoms with Gasteiger partial charge in [0, 0.05) is 16.2 Å². The fourth-order valence-corrected chi connectivity index (χ4v) is 1.53. The van der Waals surface area contributed by atoms with Gasteiger partial charge in [0.05, 0.1) is 0 Å². The molecule has 3 nitrogen and oxygen atoms in total. The predicted octanol–water partition coefficient (Wildman–Crippen LogP) is 3.65. The molecule has 1 heterocycles. The Morgan fingerprint density at radius 2 is 1.94 bits per heavy atom. The van der Waals surface area contributed by atoms with E-state index in [2.05, 4.69) is 25.9 Å². The Balaban J connectivity index is 2.24. The number of aryl methyl sites for hydroxylation is 2. The van der Waals surface area contributed by atoms with Crippen molar-refractivity contribution >= 4 is 15.9 Å². The Hall–Kier alpha value is -1.42. The summed E-state index contributed by atoms with van der Waals surface area (Å²) in [4.78, 5) is 8.06. The Kier molecular flexibility index (Phi) is 3.19. The summed E-state index contributed by atoms with van der Waals surface area (Å²) >= 11 is 3.45. The maximum atomic E-state index is 5.62. The first kappa shape index (κ1) is 11.1. The highest BCUT2D eigenvalue weighted by molar-refractivity contribution is 9.10. The van der Waals surface area contributed by atoms with Crippen LogP contribution in [0.5, 0.6) is 11.6 Å². The van der Waals surface area contributed by atoms with Gasteiger partial charge in [-0.05, 0) is 37.6 Å². The van der Waals surface area contributed by atoms with Crippen molar-refractivity contribution in [3.8, 4) is 11.6 Å². The summed E-state index contributed by atoms with van der Waals surface area (Å²) in [5, 5.41) is 0. The summed E-state index contributed by atoms with van der Waals surface area (Å²) in [6.45, 7) is 3.92. The number of halogens is 1. The summed E-state index contributed by atoms with van der Waals surface area (Å²) in [7, 11) is 0. The molecule has 0 bridgehead atoms. The Morgan fingerprint density at radius 3 is 2.62 bits per heavy atom. The van der Waals surface area contributed by atoms with Gasteiger partial charge in [0.15, 0.2) is 0 Å².